The number of benzene rings is 2. The SMILES string of the molecule is COc1ccc(CCC(=O)N2CCCN(Cc3nnc(-c4ccc([N+](=O)[O-])cc4)o3)CC2)cc1. The molecule has 0 saturated carbocycles. The summed E-state index contributed by atoms with van der Waals surface area (Å²) in [7, 11) is 1.64. The summed E-state index contributed by atoms with van der Waals surface area (Å²) in [6, 6.07) is 13.8. The molecule has 1 fully saturated rings. The molecule has 3 aromatic rings. The van der Waals surface area contributed by atoms with Crippen LogP contribution in [0.2, 0.25) is 0 Å². The lowest BCUT2D eigenvalue weighted by atomic mass is 10.1. The highest BCUT2D eigenvalue weighted by Crippen LogP contribution is 2.22. The van der Waals surface area contributed by atoms with E-state index in [1.165, 1.54) is 12.1 Å². The van der Waals surface area contributed by atoms with Crippen molar-refractivity contribution in [3.63, 3.8) is 0 Å². The summed E-state index contributed by atoms with van der Waals surface area (Å²) in [6.07, 6.45) is 2.06. The van der Waals surface area contributed by atoms with Gasteiger partial charge in [0.2, 0.25) is 17.7 Å². The maximum absolute atomic E-state index is 12.7. The Morgan fingerprint density at radius 1 is 1.06 bits per heavy atom. The number of aromatic nitrogens is 2. The number of ether oxygens (including phenoxy) is 1. The molecular weight excluding hydrogens is 438 g/mol. The van der Waals surface area contributed by atoms with E-state index in [1.54, 1.807) is 19.2 Å². The average molecular weight is 466 g/mol. The Hall–Kier alpha value is -3.79. The minimum absolute atomic E-state index is 0.0103. The van der Waals surface area contributed by atoms with Gasteiger partial charge in [-0.3, -0.25) is 19.8 Å². The first kappa shape index (κ1) is 23.4. The van der Waals surface area contributed by atoms with Gasteiger partial charge >= 0.3 is 0 Å². The third-order valence-electron chi connectivity index (χ3n) is 5.88. The first-order chi connectivity index (χ1) is 16.5. The molecule has 1 amide bonds. The number of nitro groups is 1. The summed E-state index contributed by atoms with van der Waals surface area (Å²) in [5.41, 5.74) is 1.76. The number of amides is 1. The molecule has 178 valence electrons. The molecule has 0 radical (unpaired) electrons. The van der Waals surface area contributed by atoms with Crippen molar-refractivity contribution >= 4 is 11.6 Å². The fourth-order valence-electron chi connectivity index (χ4n) is 3.93. The van der Waals surface area contributed by atoms with Gasteiger partial charge in [-0.25, -0.2) is 0 Å². The molecule has 34 heavy (non-hydrogen) atoms. The van der Waals surface area contributed by atoms with Gasteiger partial charge in [0.15, 0.2) is 0 Å². The smallest absolute Gasteiger partial charge is 0.269 e. The number of non-ortho nitro benzene ring substituents is 1. The van der Waals surface area contributed by atoms with Crippen molar-refractivity contribution in [3.05, 3.63) is 70.1 Å². The van der Waals surface area contributed by atoms with Crippen molar-refractivity contribution < 1.29 is 18.9 Å². The lowest BCUT2D eigenvalue weighted by Gasteiger charge is -2.21. The van der Waals surface area contributed by atoms with Gasteiger partial charge in [0.1, 0.15) is 5.75 Å². The molecule has 1 aromatic heterocycles. The van der Waals surface area contributed by atoms with Gasteiger partial charge in [-0.1, -0.05) is 12.1 Å². The van der Waals surface area contributed by atoms with Crippen LogP contribution in [0.4, 0.5) is 5.69 Å². The molecule has 1 aliphatic heterocycles. The highest BCUT2D eigenvalue weighted by atomic mass is 16.6. The van der Waals surface area contributed by atoms with Crippen LogP contribution in [0.5, 0.6) is 5.75 Å². The summed E-state index contributed by atoms with van der Waals surface area (Å²) in [5.74, 6) is 1.78. The highest BCUT2D eigenvalue weighted by molar-refractivity contribution is 5.76. The molecule has 1 aliphatic rings. The van der Waals surface area contributed by atoms with E-state index in [2.05, 4.69) is 15.1 Å². The van der Waals surface area contributed by atoms with E-state index >= 15 is 0 Å². The van der Waals surface area contributed by atoms with Crippen LogP contribution < -0.4 is 4.74 Å². The second kappa shape index (κ2) is 10.9. The first-order valence-corrected chi connectivity index (χ1v) is 11.2. The van der Waals surface area contributed by atoms with E-state index in [-0.39, 0.29) is 11.6 Å². The molecule has 1 saturated heterocycles. The van der Waals surface area contributed by atoms with Gasteiger partial charge in [-0.15, -0.1) is 10.2 Å². The maximum atomic E-state index is 12.7. The number of hydrogen-bond donors (Lipinski definition) is 0. The Kier molecular flexibility index (Phi) is 7.48. The summed E-state index contributed by atoms with van der Waals surface area (Å²) in [4.78, 5) is 27.2. The van der Waals surface area contributed by atoms with E-state index in [1.807, 2.05) is 29.2 Å². The van der Waals surface area contributed by atoms with Crippen molar-refractivity contribution in [3.8, 4) is 17.2 Å². The molecule has 0 bridgehead atoms. The summed E-state index contributed by atoms with van der Waals surface area (Å²) < 4.78 is 10.9. The fourth-order valence-corrected chi connectivity index (χ4v) is 3.93. The average Bonchev–Trinajstić information content (AvgIpc) is 3.20. The molecule has 4 rings (SSSR count). The Morgan fingerprint density at radius 2 is 1.82 bits per heavy atom. The molecule has 0 spiro atoms. The Labute approximate surface area is 197 Å². The predicted octanol–water partition coefficient (Wildman–Crippen LogP) is 3.32. The van der Waals surface area contributed by atoms with E-state index in [0.717, 1.165) is 37.4 Å². The van der Waals surface area contributed by atoms with Crippen LogP contribution in [-0.2, 0) is 17.8 Å². The van der Waals surface area contributed by atoms with Crippen molar-refractivity contribution in [2.75, 3.05) is 33.3 Å². The largest absolute Gasteiger partial charge is 0.497 e. The van der Waals surface area contributed by atoms with Gasteiger partial charge in [-0.2, -0.15) is 0 Å². The molecule has 10 nitrogen and oxygen atoms in total. The zero-order valence-electron chi connectivity index (χ0n) is 19.1. The molecule has 2 aromatic carbocycles. The summed E-state index contributed by atoms with van der Waals surface area (Å²) >= 11 is 0. The van der Waals surface area contributed by atoms with Crippen LogP contribution in [0, 0.1) is 10.1 Å². The van der Waals surface area contributed by atoms with Crippen LogP contribution >= 0.6 is 0 Å². The van der Waals surface area contributed by atoms with Gasteiger partial charge in [0.25, 0.3) is 5.69 Å². The van der Waals surface area contributed by atoms with Crippen LogP contribution in [0.1, 0.15) is 24.3 Å². The van der Waals surface area contributed by atoms with Crippen LogP contribution in [0.15, 0.2) is 52.9 Å². The molecule has 2 heterocycles. The summed E-state index contributed by atoms with van der Waals surface area (Å²) in [6.45, 7) is 3.44. The van der Waals surface area contributed by atoms with E-state index in [4.69, 9.17) is 9.15 Å². The van der Waals surface area contributed by atoms with Gasteiger partial charge in [0, 0.05) is 50.3 Å². The molecule has 0 atom stereocenters. The monoisotopic (exact) mass is 465 g/mol. The third-order valence-corrected chi connectivity index (χ3v) is 5.88. The lowest BCUT2D eigenvalue weighted by molar-refractivity contribution is -0.384. The fraction of sp³-hybridized carbons (Fsp3) is 0.375. The van der Waals surface area contributed by atoms with Gasteiger partial charge in [-0.05, 0) is 42.7 Å². The first-order valence-electron chi connectivity index (χ1n) is 11.2. The Balaban J connectivity index is 1.27. The number of carbonyl (C=O) groups is 1. The molecular formula is C24H27N5O5. The Morgan fingerprint density at radius 3 is 2.53 bits per heavy atom. The lowest BCUT2D eigenvalue weighted by Crippen LogP contribution is -2.35. The van der Waals surface area contributed by atoms with E-state index in [0.29, 0.717) is 43.3 Å². The van der Waals surface area contributed by atoms with Crippen LogP contribution in [0.25, 0.3) is 11.5 Å². The second-order valence-corrected chi connectivity index (χ2v) is 8.16. The molecule has 0 aliphatic carbocycles. The molecule has 10 heteroatoms. The quantitative estimate of drug-likeness (QED) is 0.368. The number of nitro benzene ring substituents is 1. The number of carbonyl (C=O) groups excluding carboxylic acids is 1. The molecule has 0 N–H and O–H groups in total. The topological polar surface area (TPSA) is 115 Å². The van der Waals surface area contributed by atoms with E-state index < -0.39 is 4.92 Å². The second-order valence-electron chi connectivity index (χ2n) is 8.16. The zero-order valence-corrected chi connectivity index (χ0v) is 19.1. The number of hydrogen-bond acceptors (Lipinski definition) is 8. The molecule has 0 unspecified atom stereocenters. The number of aryl methyl sites for hydroxylation is 1. The highest BCUT2D eigenvalue weighted by Gasteiger charge is 2.21. The predicted molar refractivity (Wildman–Crippen MR) is 124 cm³/mol. The third kappa shape index (κ3) is 5.96. The zero-order chi connectivity index (χ0) is 23.9. The number of nitrogens with zero attached hydrogens (tertiary/aromatic N) is 5. The van der Waals surface area contributed by atoms with E-state index in [9.17, 15) is 14.9 Å². The minimum Gasteiger partial charge on any atom is -0.497 e. The van der Waals surface area contributed by atoms with Gasteiger partial charge in [0.05, 0.1) is 18.6 Å². The number of methoxy groups -OCH3 is 1. The van der Waals surface area contributed by atoms with Crippen molar-refractivity contribution in [2.45, 2.75) is 25.8 Å². The Bertz CT molecular complexity index is 1110. The van der Waals surface area contributed by atoms with Crippen LogP contribution in [0.3, 0.4) is 0 Å². The van der Waals surface area contributed by atoms with Gasteiger partial charge < -0.3 is 14.1 Å². The van der Waals surface area contributed by atoms with Crippen molar-refractivity contribution in [1.29, 1.82) is 0 Å². The normalized spacial score (nSPS) is 14.6. The maximum Gasteiger partial charge on any atom is 0.269 e. The van der Waals surface area contributed by atoms with Crippen molar-refractivity contribution in [2.24, 2.45) is 0 Å². The minimum atomic E-state index is -0.449. The van der Waals surface area contributed by atoms with Crippen LogP contribution in [-0.4, -0.2) is 64.1 Å². The number of rotatable bonds is 8. The standard InChI is InChI=1S/C24H27N5O5/c1-33-21-10-3-18(4-11-21)5-12-23(30)28-14-2-13-27(15-16-28)17-22-25-26-24(34-22)19-6-8-20(9-7-19)29(31)32/h3-4,6-11H,2,5,12-17H2,1H3. The van der Waals surface area contributed by atoms with Crippen molar-refractivity contribution in [1.82, 2.24) is 20.0 Å². The summed E-state index contributed by atoms with van der Waals surface area (Å²) in [5, 5.41) is 19.0.